The van der Waals surface area contributed by atoms with E-state index in [0.717, 1.165) is 18.1 Å². The van der Waals surface area contributed by atoms with Crippen LogP contribution in [0.5, 0.6) is 5.75 Å². The van der Waals surface area contributed by atoms with Crippen LogP contribution in [0, 0.1) is 10.1 Å². The number of nitrogens with zero attached hydrogens (tertiary/aromatic N) is 1. The van der Waals surface area contributed by atoms with Crippen LogP contribution in [0.25, 0.3) is 0 Å². The van der Waals surface area contributed by atoms with Crippen molar-refractivity contribution in [3.63, 3.8) is 0 Å². The van der Waals surface area contributed by atoms with Crippen molar-refractivity contribution in [2.75, 3.05) is 11.8 Å². The molecule has 2 aromatic rings. The molecule has 0 bridgehead atoms. The Labute approximate surface area is 146 Å². The van der Waals surface area contributed by atoms with Gasteiger partial charge in [0.05, 0.1) is 22.6 Å². The second-order valence-corrected chi connectivity index (χ2v) is 7.31. The molecule has 0 spiro atoms. The summed E-state index contributed by atoms with van der Waals surface area (Å²) in [5.74, 6) is 0.534. The zero-order chi connectivity index (χ0) is 18.6. The van der Waals surface area contributed by atoms with Crippen molar-refractivity contribution in [2.45, 2.75) is 31.1 Å². The first-order valence-electron chi connectivity index (χ1n) is 7.73. The van der Waals surface area contributed by atoms with Crippen LogP contribution in [0.4, 0.5) is 11.4 Å². The molecule has 0 aliphatic rings. The number of ether oxygens (including phenoxy) is 1. The summed E-state index contributed by atoms with van der Waals surface area (Å²) in [7, 11) is -2.53. The lowest BCUT2D eigenvalue weighted by molar-refractivity contribution is -0.384. The summed E-state index contributed by atoms with van der Waals surface area (Å²) < 4.78 is 32.6. The smallest absolute Gasteiger partial charge is 0.271 e. The topological polar surface area (TPSA) is 98.5 Å². The van der Waals surface area contributed by atoms with Gasteiger partial charge in [-0.2, -0.15) is 0 Å². The van der Waals surface area contributed by atoms with Crippen molar-refractivity contribution in [3.8, 4) is 5.75 Å². The Morgan fingerprint density at radius 3 is 2.36 bits per heavy atom. The van der Waals surface area contributed by atoms with E-state index in [2.05, 4.69) is 18.6 Å². The molecule has 25 heavy (non-hydrogen) atoms. The predicted molar refractivity (Wildman–Crippen MR) is 95.6 cm³/mol. The van der Waals surface area contributed by atoms with Crippen molar-refractivity contribution < 1.29 is 18.1 Å². The van der Waals surface area contributed by atoms with E-state index >= 15 is 0 Å². The molecular formula is C17H20N2O5S. The lowest BCUT2D eigenvalue weighted by Gasteiger charge is -2.13. The second kappa shape index (κ2) is 7.52. The van der Waals surface area contributed by atoms with E-state index in [9.17, 15) is 18.5 Å². The van der Waals surface area contributed by atoms with Crippen molar-refractivity contribution >= 4 is 21.4 Å². The summed E-state index contributed by atoms with van der Waals surface area (Å²) in [6, 6.07) is 10.3. The van der Waals surface area contributed by atoms with Crippen LogP contribution in [0.1, 0.15) is 31.7 Å². The molecule has 0 radical (unpaired) electrons. The van der Waals surface area contributed by atoms with Gasteiger partial charge in [0.15, 0.2) is 0 Å². The third kappa shape index (κ3) is 4.27. The Hall–Kier alpha value is -2.61. The molecule has 0 amide bonds. The third-order valence-corrected chi connectivity index (χ3v) is 5.39. The average Bonchev–Trinajstić information content (AvgIpc) is 2.60. The lowest BCUT2D eigenvalue weighted by Crippen LogP contribution is -2.14. The van der Waals surface area contributed by atoms with Gasteiger partial charge in [-0.25, -0.2) is 8.42 Å². The van der Waals surface area contributed by atoms with E-state index < -0.39 is 14.9 Å². The number of methoxy groups -OCH3 is 1. The Kier molecular flexibility index (Phi) is 5.63. The molecular weight excluding hydrogens is 344 g/mol. The monoisotopic (exact) mass is 364 g/mol. The van der Waals surface area contributed by atoms with Crippen LogP contribution in [0.2, 0.25) is 0 Å². The van der Waals surface area contributed by atoms with E-state index in [1.807, 2.05) is 0 Å². The van der Waals surface area contributed by atoms with Crippen molar-refractivity contribution in [1.29, 1.82) is 0 Å². The van der Waals surface area contributed by atoms with E-state index in [1.54, 1.807) is 12.1 Å². The normalized spacial score (nSPS) is 12.4. The molecule has 1 N–H and O–H groups in total. The minimum Gasteiger partial charge on any atom is -0.495 e. The largest absolute Gasteiger partial charge is 0.495 e. The van der Waals surface area contributed by atoms with Gasteiger partial charge in [0.2, 0.25) is 0 Å². The number of hydrogen-bond acceptors (Lipinski definition) is 5. The highest BCUT2D eigenvalue weighted by atomic mass is 32.2. The molecule has 0 aliphatic carbocycles. The molecule has 0 unspecified atom stereocenters. The zero-order valence-corrected chi connectivity index (χ0v) is 15.0. The number of hydrogen-bond donors (Lipinski definition) is 1. The van der Waals surface area contributed by atoms with E-state index in [0.29, 0.717) is 5.92 Å². The van der Waals surface area contributed by atoms with Gasteiger partial charge in [0.25, 0.3) is 15.7 Å². The lowest BCUT2D eigenvalue weighted by atomic mass is 9.99. The van der Waals surface area contributed by atoms with Crippen molar-refractivity contribution in [3.05, 3.63) is 58.1 Å². The summed E-state index contributed by atoms with van der Waals surface area (Å²) in [6.07, 6.45) is 0.954. The first kappa shape index (κ1) is 18.7. The highest BCUT2D eigenvalue weighted by Gasteiger charge is 2.19. The number of nitro benzene ring substituents is 1. The first-order chi connectivity index (χ1) is 11.8. The van der Waals surface area contributed by atoms with Crippen LogP contribution in [0.15, 0.2) is 47.4 Å². The predicted octanol–water partition coefficient (Wildman–Crippen LogP) is 3.92. The third-order valence-electron chi connectivity index (χ3n) is 4.01. The molecule has 2 aromatic carbocycles. The van der Waals surface area contributed by atoms with E-state index in [4.69, 9.17) is 4.74 Å². The van der Waals surface area contributed by atoms with Crippen molar-refractivity contribution in [2.24, 2.45) is 0 Å². The fourth-order valence-electron chi connectivity index (χ4n) is 2.30. The van der Waals surface area contributed by atoms with E-state index in [-0.39, 0.29) is 22.0 Å². The molecule has 0 saturated carbocycles. The summed E-state index contributed by atoms with van der Waals surface area (Å²) in [6.45, 7) is 4.13. The average molecular weight is 364 g/mol. The maximum absolute atomic E-state index is 12.6. The Bertz CT molecular complexity index is 863. The van der Waals surface area contributed by atoms with Gasteiger partial charge in [-0.15, -0.1) is 0 Å². The fraction of sp³-hybridized carbons (Fsp3) is 0.294. The highest BCUT2D eigenvalue weighted by molar-refractivity contribution is 7.92. The molecule has 1 atom stereocenters. The molecule has 0 aliphatic heterocycles. The molecule has 0 fully saturated rings. The quantitative estimate of drug-likeness (QED) is 0.593. The van der Waals surface area contributed by atoms with Gasteiger partial charge in [-0.3, -0.25) is 14.8 Å². The number of nitro groups is 1. The van der Waals surface area contributed by atoms with Gasteiger partial charge in [0.1, 0.15) is 5.75 Å². The standard InChI is InChI=1S/C17H20N2O5S/c1-4-12(2)13-5-8-15(9-6-13)25(22,23)18-16-11-14(19(20)21)7-10-17(16)24-3/h5-12,18H,4H2,1-3H3/t12-/m1/s1. The fourth-order valence-corrected chi connectivity index (χ4v) is 3.37. The van der Waals surface area contributed by atoms with Crippen LogP contribution in [0.3, 0.4) is 0 Å². The molecule has 7 nitrogen and oxygen atoms in total. The minimum absolute atomic E-state index is 0.0164. The van der Waals surface area contributed by atoms with Crippen molar-refractivity contribution in [1.82, 2.24) is 0 Å². The number of benzene rings is 2. The number of nitrogens with one attached hydrogen (secondary N) is 1. The van der Waals surface area contributed by atoms with E-state index in [1.165, 1.54) is 31.4 Å². The van der Waals surface area contributed by atoms with Gasteiger partial charge in [-0.1, -0.05) is 26.0 Å². The maximum atomic E-state index is 12.6. The molecule has 134 valence electrons. The maximum Gasteiger partial charge on any atom is 0.271 e. The summed E-state index contributed by atoms with van der Waals surface area (Å²) in [5.41, 5.74) is 0.836. The summed E-state index contributed by atoms with van der Waals surface area (Å²) in [4.78, 5) is 10.4. The summed E-state index contributed by atoms with van der Waals surface area (Å²) >= 11 is 0. The highest BCUT2D eigenvalue weighted by Crippen LogP contribution is 2.31. The Balaban J connectivity index is 2.35. The molecule has 0 saturated heterocycles. The first-order valence-corrected chi connectivity index (χ1v) is 9.22. The molecule has 2 rings (SSSR count). The van der Waals surface area contributed by atoms with Gasteiger partial charge < -0.3 is 4.74 Å². The number of sulfonamides is 1. The summed E-state index contributed by atoms with van der Waals surface area (Å²) in [5, 5.41) is 10.9. The van der Waals surface area contributed by atoms with Gasteiger partial charge >= 0.3 is 0 Å². The molecule has 8 heteroatoms. The number of rotatable bonds is 7. The van der Waals surface area contributed by atoms with Crippen LogP contribution in [-0.4, -0.2) is 20.5 Å². The zero-order valence-electron chi connectivity index (χ0n) is 14.2. The minimum atomic E-state index is -3.89. The molecule has 0 heterocycles. The van der Waals surface area contributed by atoms with Gasteiger partial charge in [-0.05, 0) is 36.1 Å². The van der Waals surface area contributed by atoms with Crippen LogP contribution < -0.4 is 9.46 Å². The second-order valence-electron chi connectivity index (χ2n) is 5.63. The van der Waals surface area contributed by atoms with Crippen LogP contribution >= 0.6 is 0 Å². The number of anilines is 1. The number of non-ortho nitro benzene ring substituents is 1. The molecule has 0 aromatic heterocycles. The van der Waals surface area contributed by atoms with Gasteiger partial charge in [0, 0.05) is 12.1 Å². The Morgan fingerprint density at radius 1 is 1.20 bits per heavy atom. The SMILES string of the molecule is CC[C@@H](C)c1ccc(S(=O)(=O)Nc2cc([N+](=O)[O-])ccc2OC)cc1. The van der Waals surface area contributed by atoms with Crippen LogP contribution in [-0.2, 0) is 10.0 Å². The Morgan fingerprint density at radius 2 is 1.84 bits per heavy atom.